The van der Waals surface area contributed by atoms with Crippen LogP contribution in [0.1, 0.15) is 50.3 Å². The van der Waals surface area contributed by atoms with Gasteiger partial charge in [-0.15, -0.1) is 0 Å². The topological polar surface area (TPSA) is 86.8 Å². The molecule has 8 heteroatoms. The number of nitrogens with zero attached hydrogens (tertiary/aromatic N) is 2. The Balaban J connectivity index is 2.07. The summed E-state index contributed by atoms with van der Waals surface area (Å²) < 4.78 is 27.2. The minimum atomic E-state index is -3.81. The molecule has 7 nitrogen and oxygen atoms in total. The van der Waals surface area contributed by atoms with E-state index in [0.29, 0.717) is 12.1 Å². The smallest absolute Gasteiger partial charge is 0.244 e. The summed E-state index contributed by atoms with van der Waals surface area (Å²) in [4.78, 5) is 29.2. The van der Waals surface area contributed by atoms with Crippen molar-refractivity contribution in [2.45, 2.75) is 58.7 Å². The van der Waals surface area contributed by atoms with Gasteiger partial charge in [-0.05, 0) is 42.5 Å². The molecule has 1 atom stereocenters. The maximum Gasteiger partial charge on any atom is 0.244 e. The van der Waals surface area contributed by atoms with Crippen LogP contribution in [0.15, 0.2) is 84.9 Å². The number of carbonyl (C=O) groups is 2. The average Bonchev–Trinajstić information content (AvgIpc) is 2.89. The average molecular weight is 550 g/mol. The second kappa shape index (κ2) is 13.4. The fourth-order valence-corrected chi connectivity index (χ4v) is 5.38. The third-order valence-corrected chi connectivity index (χ3v) is 7.53. The van der Waals surface area contributed by atoms with E-state index >= 15 is 0 Å². The molecule has 0 aliphatic carbocycles. The molecule has 1 N–H and O–H groups in total. The zero-order valence-electron chi connectivity index (χ0n) is 23.4. The van der Waals surface area contributed by atoms with Crippen LogP contribution in [0, 0.1) is 0 Å². The Labute approximate surface area is 232 Å². The van der Waals surface area contributed by atoms with Crippen molar-refractivity contribution in [3.8, 4) is 0 Å². The fraction of sp³-hybridized carbons (Fsp3) is 0.355. The Bertz CT molecular complexity index is 1340. The molecule has 0 aliphatic heterocycles. The van der Waals surface area contributed by atoms with E-state index in [-0.39, 0.29) is 24.4 Å². The van der Waals surface area contributed by atoms with Crippen molar-refractivity contribution < 1.29 is 18.0 Å². The van der Waals surface area contributed by atoms with Crippen molar-refractivity contribution in [3.63, 3.8) is 0 Å². The number of sulfonamides is 1. The molecule has 3 aromatic carbocycles. The van der Waals surface area contributed by atoms with Crippen molar-refractivity contribution in [2.75, 3.05) is 17.1 Å². The van der Waals surface area contributed by atoms with Gasteiger partial charge >= 0.3 is 0 Å². The highest BCUT2D eigenvalue weighted by molar-refractivity contribution is 7.92. The molecular weight excluding hydrogens is 510 g/mol. The number of hydrogen-bond acceptors (Lipinski definition) is 4. The summed E-state index contributed by atoms with van der Waals surface area (Å²) in [5.74, 6) is -0.696. The van der Waals surface area contributed by atoms with Gasteiger partial charge in [-0.2, -0.15) is 0 Å². The molecule has 0 heterocycles. The molecular formula is C31H39N3O4S. The summed E-state index contributed by atoms with van der Waals surface area (Å²) in [7, 11) is -3.81. The summed E-state index contributed by atoms with van der Waals surface area (Å²) >= 11 is 0. The van der Waals surface area contributed by atoms with Crippen molar-refractivity contribution in [1.29, 1.82) is 0 Å². The van der Waals surface area contributed by atoms with Gasteiger partial charge in [0, 0.05) is 19.0 Å². The minimum absolute atomic E-state index is 0.0450. The Hall–Kier alpha value is -3.65. The quantitative estimate of drug-likeness (QED) is 0.354. The molecule has 3 rings (SSSR count). The molecule has 0 unspecified atom stereocenters. The van der Waals surface area contributed by atoms with Gasteiger partial charge < -0.3 is 10.2 Å². The van der Waals surface area contributed by atoms with Crippen LogP contribution in [0.4, 0.5) is 5.69 Å². The second-order valence-electron chi connectivity index (χ2n) is 10.4. The molecule has 0 aliphatic rings. The second-order valence-corrected chi connectivity index (χ2v) is 12.3. The van der Waals surface area contributed by atoms with E-state index in [4.69, 9.17) is 0 Å². The highest BCUT2D eigenvalue weighted by atomic mass is 32.2. The number of para-hydroxylation sites is 1. The molecule has 208 valence electrons. The molecule has 0 saturated heterocycles. The number of anilines is 1. The first-order valence-corrected chi connectivity index (χ1v) is 15.1. The molecule has 0 aromatic heterocycles. The molecule has 2 amide bonds. The lowest BCUT2D eigenvalue weighted by molar-refractivity contribution is -0.140. The largest absolute Gasteiger partial charge is 0.352 e. The predicted molar refractivity (Wildman–Crippen MR) is 157 cm³/mol. The summed E-state index contributed by atoms with van der Waals surface area (Å²) in [5.41, 5.74) is 3.03. The zero-order chi connectivity index (χ0) is 28.6. The first-order valence-electron chi connectivity index (χ1n) is 13.2. The molecule has 0 fully saturated rings. The first-order chi connectivity index (χ1) is 18.5. The molecule has 39 heavy (non-hydrogen) atoms. The molecule has 0 saturated carbocycles. The number of amides is 2. The van der Waals surface area contributed by atoms with E-state index in [1.54, 1.807) is 12.1 Å². The van der Waals surface area contributed by atoms with Crippen LogP contribution in [0.2, 0.25) is 0 Å². The Kier molecular flexibility index (Phi) is 10.3. The number of rotatable bonds is 12. The van der Waals surface area contributed by atoms with E-state index in [1.165, 1.54) is 4.90 Å². The van der Waals surface area contributed by atoms with Crippen molar-refractivity contribution >= 4 is 27.5 Å². The molecule has 3 aromatic rings. The lowest BCUT2D eigenvalue weighted by atomic mass is 10.0. The van der Waals surface area contributed by atoms with Gasteiger partial charge in [-0.25, -0.2) is 8.42 Å². The third kappa shape index (κ3) is 8.42. The Morgan fingerprint density at radius 1 is 0.795 bits per heavy atom. The summed E-state index contributed by atoms with van der Waals surface area (Å²) in [6, 6.07) is 25.2. The highest BCUT2D eigenvalue weighted by Gasteiger charge is 2.33. The van der Waals surface area contributed by atoms with Crippen LogP contribution in [0.3, 0.4) is 0 Å². The van der Waals surface area contributed by atoms with Crippen LogP contribution in [0.25, 0.3) is 0 Å². The van der Waals surface area contributed by atoms with Gasteiger partial charge in [0.15, 0.2) is 0 Å². The summed E-state index contributed by atoms with van der Waals surface area (Å²) in [6.45, 7) is 7.44. The first kappa shape index (κ1) is 29.9. The van der Waals surface area contributed by atoms with Crippen molar-refractivity contribution in [3.05, 3.63) is 102 Å². The SMILES string of the molecule is CC(C)NC(=O)[C@H](Cc1ccccc1)N(Cc1ccccc1)C(=O)CN(c1ccccc1C(C)C)S(C)(=O)=O. The minimum Gasteiger partial charge on any atom is -0.352 e. The Morgan fingerprint density at radius 2 is 1.33 bits per heavy atom. The van der Waals surface area contributed by atoms with Crippen molar-refractivity contribution in [1.82, 2.24) is 10.2 Å². The van der Waals surface area contributed by atoms with Gasteiger partial charge in [0.2, 0.25) is 21.8 Å². The number of hydrogen-bond donors (Lipinski definition) is 1. The Morgan fingerprint density at radius 3 is 1.87 bits per heavy atom. The zero-order valence-corrected chi connectivity index (χ0v) is 24.2. The van der Waals surface area contributed by atoms with Crippen LogP contribution < -0.4 is 9.62 Å². The molecule has 0 radical (unpaired) electrons. The monoisotopic (exact) mass is 549 g/mol. The van der Waals surface area contributed by atoms with Gasteiger partial charge in [-0.1, -0.05) is 92.7 Å². The summed E-state index contributed by atoms with van der Waals surface area (Å²) in [5, 5.41) is 2.96. The standard InChI is InChI=1S/C31H39N3O4S/c1-23(2)27-18-12-13-19-28(27)34(39(5,37)38)22-30(35)33(21-26-16-10-7-11-17-26)29(31(36)32-24(3)4)20-25-14-8-6-9-15-25/h6-19,23-24,29H,20-22H2,1-5H3,(H,32,36)/t29-/m0/s1. The third-order valence-electron chi connectivity index (χ3n) is 6.40. The fourth-order valence-electron chi connectivity index (χ4n) is 4.51. The highest BCUT2D eigenvalue weighted by Crippen LogP contribution is 2.29. The van der Waals surface area contributed by atoms with Gasteiger partial charge in [0.25, 0.3) is 0 Å². The van der Waals surface area contributed by atoms with E-state index < -0.39 is 28.5 Å². The van der Waals surface area contributed by atoms with Gasteiger partial charge in [0.1, 0.15) is 12.6 Å². The van der Waals surface area contributed by atoms with Gasteiger partial charge in [-0.3, -0.25) is 13.9 Å². The maximum atomic E-state index is 14.1. The normalized spacial score (nSPS) is 12.3. The number of benzene rings is 3. The van der Waals surface area contributed by atoms with Crippen LogP contribution >= 0.6 is 0 Å². The van der Waals surface area contributed by atoms with E-state index in [2.05, 4.69) is 5.32 Å². The van der Waals surface area contributed by atoms with Gasteiger partial charge in [0.05, 0.1) is 11.9 Å². The number of carbonyl (C=O) groups excluding carboxylic acids is 2. The molecule has 0 spiro atoms. The lowest BCUT2D eigenvalue weighted by Crippen LogP contribution is -2.54. The summed E-state index contributed by atoms with van der Waals surface area (Å²) in [6.07, 6.45) is 1.39. The van der Waals surface area contributed by atoms with E-state index in [1.807, 2.05) is 100 Å². The van der Waals surface area contributed by atoms with E-state index in [0.717, 1.165) is 27.3 Å². The van der Waals surface area contributed by atoms with E-state index in [9.17, 15) is 18.0 Å². The van der Waals surface area contributed by atoms with Crippen LogP contribution in [-0.2, 0) is 32.6 Å². The van der Waals surface area contributed by atoms with Crippen LogP contribution in [-0.4, -0.2) is 50.0 Å². The van der Waals surface area contributed by atoms with Crippen LogP contribution in [0.5, 0.6) is 0 Å². The van der Waals surface area contributed by atoms with Crippen molar-refractivity contribution in [2.24, 2.45) is 0 Å². The predicted octanol–water partition coefficient (Wildman–Crippen LogP) is 4.74. The number of nitrogens with one attached hydrogen (secondary N) is 1. The molecule has 0 bridgehead atoms. The lowest BCUT2D eigenvalue weighted by Gasteiger charge is -2.34. The maximum absolute atomic E-state index is 14.1.